The Bertz CT molecular complexity index is 265. The zero-order valence-electron chi connectivity index (χ0n) is 8.52. The number of hydrogen-bond donors (Lipinski definition) is 0. The summed E-state index contributed by atoms with van der Waals surface area (Å²) < 4.78 is 5.39. The van der Waals surface area contributed by atoms with Crippen LogP contribution in [0.1, 0.15) is 19.8 Å². The van der Waals surface area contributed by atoms with Crippen molar-refractivity contribution in [2.24, 2.45) is 0 Å². The number of thiocarbonyl (C=S) groups is 1. The smallest absolute Gasteiger partial charge is 0.305 e. The van der Waals surface area contributed by atoms with E-state index in [0.717, 1.165) is 0 Å². The number of carbonyl (C=O) groups is 2. The van der Waals surface area contributed by atoms with E-state index in [1.807, 2.05) is 0 Å². The van der Waals surface area contributed by atoms with Crippen LogP contribution in [0.4, 0.5) is 0 Å². The van der Waals surface area contributed by atoms with Crippen LogP contribution in [0.3, 0.4) is 0 Å². The lowest BCUT2D eigenvalue weighted by molar-refractivity contribution is -0.143. The maximum Gasteiger partial charge on any atom is 0.305 e. The number of amides is 1. The summed E-state index contributed by atoms with van der Waals surface area (Å²) in [5.74, 6) is 0.245. The summed E-state index contributed by atoms with van der Waals surface area (Å²) in [4.78, 5) is 23.9. The largest absolute Gasteiger partial charge is 0.466 e. The first-order valence-corrected chi connectivity index (χ1v) is 6.17. The fourth-order valence-corrected chi connectivity index (χ4v) is 2.33. The van der Waals surface area contributed by atoms with Crippen molar-refractivity contribution in [1.82, 2.24) is 4.90 Å². The summed E-state index contributed by atoms with van der Waals surface area (Å²) in [6.45, 7) is 2.69. The number of carbonyl (C=O) groups excluding carboxylic acids is 2. The average Bonchev–Trinajstić information content (AvgIpc) is 2.49. The highest BCUT2D eigenvalue weighted by Gasteiger charge is 2.25. The Morgan fingerprint density at radius 1 is 1.67 bits per heavy atom. The highest BCUT2D eigenvalue weighted by Crippen LogP contribution is 2.19. The predicted molar refractivity (Wildman–Crippen MR) is 62.6 cm³/mol. The maximum absolute atomic E-state index is 11.3. The van der Waals surface area contributed by atoms with Crippen molar-refractivity contribution in [2.45, 2.75) is 19.8 Å². The van der Waals surface area contributed by atoms with E-state index in [-0.39, 0.29) is 11.9 Å². The molecule has 1 heterocycles. The quantitative estimate of drug-likeness (QED) is 0.539. The van der Waals surface area contributed by atoms with Crippen molar-refractivity contribution in [3.63, 3.8) is 0 Å². The van der Waals surface area contributed by atoms with Crippen LogP contribution >= 0.6 is 24.0 Å². The molecule has 6 heteroatoms. The SMILES string of the molecule is CCOC(=O)CCCN1C(=O)CSC1=S. The van der Waals surface area contributed by atoms with E-state index in [1.54, 1.807) is 11.8 Å². The van der Waals surface area contributed by atoms with Gasteiger partial charge in [-0.3, -0.25) is 14.5 Å². The molecule has 0 aliphatic carbocycles. The number of thioether (sulfide) groups is 1. The topological polar surface area (TPSA) is 46.6 Å². The van der Waals surface area contributed by atoms with Gasteiger partial charge in [0.1, 0.15) is 4.32 Å². The van der Waals surface area contributed by atoms with Crippen LogP contribution in [0, 0.1) is 0 Å². The van der Waals surface area contributed by atoms with Gasteiger partial charge in [-0.1, -0.05) is 24.0 Å². The molecule has 1 rings (SSSR count). The fraction of sp³-hybridized carbons (Fsp3) is 0.667. The van der Waals surface area contributed by atoms with Crippen LogP contribution in [0.25, 0.3) is 0 Å². The van der Waals surface area contributed by atoms with Gasteiger partial charge in [-0.2, -0.15) is 0 Å². The Hall–Kier alpha value is -0.620. The summed E-state index contributed by atoms with van der Waals surface area (Å²) in [6.07, 6.45) is 0.941. The number of ether oxygens (including phenoxy) is 1. The molecule has 0 unspecified atom stereocenters. The van der Waals surface area contributed by atoms with Crippen molar-refractivity contribution in [3.05, 3.63) is 0 Å². The van der Waals surface area contributed by atoms with Crippen LogP contribution in [0.2, 0.25) is 0 Å². The summed E-state index contributed by atoms with van der Waals surface area (Å²) in [5.41, 5.74) is 0. The van der Waals surface area contributed by atoms with Crippen molar-refractivity contribution in [1.29, 1.82) is 0 Å². The molecule has 0 spiro atoms. The second kappa shape index (κ2) is 6.07. The number of esters is 1. The zero-order chi connectivity index (χ0) is 11.3. The van der Waals surface area contributed by atoms with E-state index in [1.165, 1.54) is 11.8 Å². The molecule has 0 N–H and O–H groups in total. The minimum Gasteiger partial charge on any atom is -0.466 e. The Balaban J connectivity index is 2.22. The van der Waals surface area contributed by atoms with Crippen molar-refractivity contribution in [3.8, 4) is 0 Å². The standard InChI is InChI=1S/C9H13NO3S2/c1-2-13-8(12)4-3-5-10-7(11)6-15-9(10)14/h2-6H2,1H3. The summed E-state index contributed by atoms with van der Waals surface area (Å²) in [6, 6.07) is 0. The normalized spacial score (nSPS) is 15.9. The first kappa shape index (κ1) is 12.4. The highest BCUT2D eigenvalue weighted by molar-refractivity contribution is 8.23. The second-order valence-electron chi connectivity index (χ2n) is 3.01. The first-order valence-electron chi connectivity index (χ1n) is 4.78. The molecule has 1 saturated heterocycles. The number of nitrogens with zero attached hydrogens (tertiary/aromatic N) is 1. The molecule has 0 bridgehead atoms. The van der Waals surface area contributed by atoms with Gasteiger partial charge in [0.2, 0.25) is 5.91 Å². The molecule has 84 valence electrons. The van der Waals surface area contributed by atoms with E-state index in [0.29, 0.717) is 36.1 Å². The average molecular weight is 247 g/mol. The van der Waals surface area contributed by atoms with Gasteiger partial charge in [0.05, 0.1) is 12.4 Å². The van der Waals surface area contributed by atoms with Crippen LogP contribution in [0.15, 0.2) is 0 Å². The van der Waals surface area contributed by atoms with E-state index >= 15 is 0 Å². The minimum atomic E-state index is -0.220. The van der Waals surface area contributed by atoms with Gasteiger partial charge < -0.3 is 4.74 Å². The lowest BCUT2D eigenvalue weighted by Gasteiger charge is -2.13. The highest BCUT2D eigenvalue weighted by atomic mass is 32.2. The monoisotopic (exact) mass is 247 g/mol. The van der Waals surface area contributed by atoms with E-state index < -0.39 is 0 Å². The van der Waals surface area contributed by atoms with Gasteiger partial charge in [0.15, 0.2) is 0 Å². The third-order valence-corrected chi connectivity index (χ3v) is 3.34. The molecule has 0 aromatic carbocycles. The molecule has 1 aliphatic heterocycles. The fourth-order valence-electron chi connectivity index (χ4n) is 1.21. The molecular weight excluding hydrogens is 234 g/mol. The van der Waals surface area contributed by atoms with Gasteiger partial charge in [0, 0.05) is 13.0 Å². The predicted octanol–water partition coefficient (Wildman–Crippen LogP) is 1.19. The Morgan fingerprint density at radius 2 is 2.40 bits per heavy atom. The molecule has 0 aromatic heterocycles. The molecular formula is C9H13NO3S2. The lowest BCUT2D eigenvalue weighted by atomic mass is 10.3. The van der Waals surface area contributed by atoms with Gasteiger partial charge >= 0.3 is 5.97 Å². The van der Waals surface area contributed by atoms with E-state index in [2.05, 4.69) is 0 Å². The third kappa shape index (κ3) is 3.79. The van der Waals surface area contributed by atoms with Gasteiger partial charge in [0.25, 0.3) is 0 Å². The molecule has 1 aliphatic rings. The number of hydrogen-bond acceptors (Lipinski definition) is 5. The summed E-state index contributed by atoms with van der Waals surface area (Å²) >= 11 is 6.37. The van der Waals surface area contributed by atoms with Crippen molar-refractivity contribution in [2.75, 3.05) is 18.9 Å². The Morgan fingerprint density at radius 3 is 2.93 bits per heavy atom. The van der Waals surface area contributed by atoms with E-state index in [9.17, 15) is 9.59 Å². The second-order valence-corrected chi connectivity index (χ2v) is 4.62. The van der Waals surface area contributed by atoms with Crippen LogP contribution < -0.4 is 0 Å². The molecule has 1 amide bonds. The first-order chi connectivity index (χ1) is 7.15. The van der Waals surface area contributed by atoms with Crippen LogP contribution in [-0.4, -0.2) is 40.0 Å². The molecule has 0 aromatic rings. The maximum atomic E-state index is 11.3. The molecule has 15 heavy (non-hydrogen) atoms. The van der Waals surface area contributed by atoms with Crippen LogP contribution in [0.5, 0.6) is 0 Å². The number of rotatable bonds is 5. The van der Waals surface area contributed by atoms with Crippen LogP contribution in [-0.2, 0) is 14.3 Å². The molecule has 0 atom stereocenters. The Kier molecular flexibility index (Phi) is 5.04. The zero-order valence-corrected chi connectivity index (χ0v) is 10.2. The minimum absolute atomic E-state index is 0.0360. The van der Waals surface area contributed by atoms with Gasteiger partial charge in [-0.25, -0.2) is 0 Å². The van der Waals surface area contributed by atoms with E-state index in [4.69, 9.17) is 17.0 Å². The molecule has 4 nitrogen and oxygen atoms in total. The molecule has 1 fully saturated rings. The molecule has 0 radical (unpaired) electrons. The Labute approximate surface area is 98.3 Å². The van der Waals surface area contributed by atoms with Gasteiger partial charge in [-0.05, 0) is 13.3 Å². The van der Waals surface area contributed by atoms with Crippen molar-refractivity contribution >= 4 is 40.2 Å². The van der Waals surface area contributed by atoms with Crippen molar-refractivity contribution < 1.29 is 14.3 Å². The molecule has 0 saturated carbocycles. The van der Waals surface area contributed by atoms with Gasteiger partial charge in [-0.15, -0.1) is 0 Å². The summed E-state index contributed by atoms with van der Waals surface area (Å²) in [7, 11) is 0. The summed E-state index contributed by atoms with van der Waals surface area (Å²) in [5, 5.41) is 0. The lowest BCUT2D eigenvalue weighted by Crippen LogP contribution is -2.29. The third-order valence-electron chi connectivity index (χ3n) is 1.91.